The van der Waals surface area contributed by atoms with Gasteiger partial charge in [0.15, 0.2) is 5.82 Å². The van der Waals surface area contributed by atoms with Crippen molar-refractivity contribution in [3.05, 3.63) is 35.1 Å². The first-order valence-electron chi connectivity index (χ1n) is 4.94. The Morgan fingerprint density at radius 2 is 2.06 bits per heavy atom. The molecule has 0 aromatic carbocycles. The van der Waals surface area contributed by atoms with E-state index in [2.05, 4.69) is 25.3 Å². The van der Waals surface area contributed by atoms with Crippen LogP contribution < -0.4 is 11.1 Å². The van der Waals surface area contributed by atoms with Gasteiger partial charge in [0, 0.05) is 6.20 Å². The van der Waals surface area contributed by atoms with Gasteiger partial charge in [0.25, 0.3) is 0 Å². The van der Waals surface area contributed by atoms with Crippen LogP contribution in [0.4, 0.5) is 11.6 Å². The van der Waals surface area contributed by atoms with E-state index in [0.717, 1.165) is 11.4 Å². The first kappa shape index (κ1) is 11.5. The number of halogens is 1. The van der Waals surface area contributed by atoms with Crippen LogP contribution in [0.3, 0.4) is 0 Å². The predicted molar refractivity (Wildman–Crippen MR) is 65.6 cm³/mol. The van der Waals surface area contributed by atoms with Gasteiger partial charge in [0.1, 0.15) is 17.2 Å². The molecule has 0 bridgehead atoms. The molecule has 7 heteroatoms. The van der Waals surface area contributed by atoms with Crippen molar-refractivity contribution in [3.63, 3.8) is 0 Å². The second kappa shape index (κ2) is 4.92. The molecule has 2 aromatic rings. The van der Waals surface area contributed by atoms with Crippen molar-refractivity contribution in [2.24, 2.45) is 0 Å². The third kappa shape index (κ3) is 2.79. The van der Waals surface area contributed by atoms with E-state index in [4.69, 9.17) is 17.3 Å². The van der Waals surface area contributed by atoms with Gasteiger partial charge in [0.05, 0.1) is 24.1 Å². The molecule has 0 saturated heterocycles. The van der Waals surface area contributed by atoms with E-state index < -0.39 is 0 Å². The number of nitrogens with zero attached hydrogens (tertiary/aromatic N) is 4. The zero-order chi connectivity index (χ0) is 12.3. The maximum atomic E-state index is 5.94. The second-order valence-corrected chi connectivity index (χ2v) is 3.80. The summed E-state index contributed by atoms with van der Waals surface area (Å²) in [6.45, 7) is 2.36. The highest BCUT2D eigenvalue weighted by molar-refractivity contribution is 6.35. The van der Waals surface area contributed by atoms with Gasteiger partial charge >= 0.3 is 0 Å². The summed E-state index contributed by atoms with van der Waals surface area (Å²) >= 11 is 5.94. The lowest BCUT2D eigenvalue weighted by atomic mass is 10.4. The molecule has 2 rings (SSSR count). The van der Waals surface area contributed by atoms with Crippen molar-refractivity contribution in [1.82, 2.24) is 19.9 Å². The van der Waals surface area contributed by atoms with Crippen LogP contribution in [0.15, 0.2) is 18.7 Å². The zero-order valence-corrected chi connectivity index (χ0v) is 9.94. The number of hydrogen-bond donors (Lipinski definition) is 2. The second-order valence-electron chi connectivity index (χ2n) is 3.42. The molecule has 3 N–H and O–H groups in total. The minimum absolute atomic E-state index is 0.249. The highest BCUT2D eigenvalue weighted by atomic mass is 35.5. The Balaban J connectivity index is 2.07. The number of hydrogen-bond acceptors (Lipinski definition) is 6. The summed E-state index contributed by atoms with van der Waals surface area (Å²) < 4.78 is 0. The standard InChI is InChI=1S/C10H11ClN6/c1-6-2-14-7(3-13-6)4-15-10-8(11)9(12)16-5-17-10/h2-3,5H,4H2,1H3,(H3,12,15,16,17). The normalized spacial score (nSPS) is 10.2. The molecule has 0 amide bonds. The molecule has 88 valence electrons. The van der Waals surface area contributed by atoms with E-state index in [1.807, 2.05) is 6.92 Å². The first-order valence-corrected chi connectivity index (χ1v) is 5.32. The summed E-state index contributed by atoms with van der Waals surface area (Å²) in [5, 5.41) is 3.34. The third-order valence-corrected chi connectivity index (χ3v) is 2.46. The van der Waals surface area contributed by atoms with E-state index in [9.17, 15) is 0 Å². The zero-order valence-electron chi connectivity index (χ0n) is 9.18. The molecule has 0 spiro atoms. The van der Waals surface area contributed by atoms with Gasteiger partial charge < -0.3 is 11.1 Å². The fourth-order valence-electron chi connectivity index (χ4n) is 1.19. The van der Waals surface area contributed by atoms with Gasteiger partial charge in [-0.2, -0.15) is 0 Å². The number of aryl methyl sites for hydroxylation is 1. The summed E-state index contributed by atoms with van der Waals surface area (Å²) in [6.07, 6.45) is 4.75. The highest BCUT2D eigenvalue weighted by Crippen LogP contribution is 2.23. The number of rotatable bonds is 3. The van der Waals surface area contributed by atoms with Crippen molar-refractivity contribution >= 4 is 23.2 Å². The average Bonchev–Trinajstić information content (AvgIpc) is 2.33. The minimum Gasteiger partial charge on any atom is -0.382 e. The van der Waals surface area contributed by atoms with E-state index in [0.29, 0.717) is 17.4 Å². The van der Waals surface area contributed by atoms with Crippen LogP contribution in [0.2, 0.25) is 5.02 Å². The molecule has 0 saturated carbocycles. The molecule has 0 aliphatic carbocycles. The van der Waals surface area contributed by atoms with Crippen LogP contribution in [0, 0.1) is 6.92 Å². The SMILES string of the molecule is Cc1cnc(CNc2ncnc(N)c2Cl)cn1. The van der Waals surface area contributed by atoms with Crippen molar-refractivity contribution < 1.29 is 0 Å². The molecule has 0 radical (unpaired) electrons. The predicted octanol–water partition coefficient (Wildman–Crippen LogP) is 1.42. The number of nitrogens with one attached hydrogen (secondary N) is 1. The van der Waals surface area contributed by atoms with Crippen LogP contribution >= 0.6 is 11.6 Å². The number of anilines is 2. The lowest BCUT2D eigenvalue weighted by Crippen LogP contribution is -2.06. The van der Waals surface area contributed by atoms with Crippen LogP contribution in [0.5, 0.6) is 0 Å². The molecular formula is C10H11ClN6. The average molecular weight is 251 g/mol. The van der Waals surface area contributed by atoms with E-state index in [1.165, 1.54) is 6.33 Å². The Labute approximate surface area is 103 Å². The van der Waals surface area contributed by atoms with Crippen molar-refractivity contribution in [1.29, 1.82) is 0 Å². The smallest absolute Gasteiger partial charge is 0.150 e. The summed E-state index contributed by atoms with van der Waals surface area (Å²) in [5.41, 5.74) is 7.23. The molecule has 0 atom stereocenters. The summed E-state index contributed by atoms with van der Waals surface area (Å²) in [7, 11) is 0. The molecule has 2 aromatic heterocycles. The molecule has 0 aliphatic heterocycles. The molecule has 0 unspecified atom stereocenters. The summed E-state index contributed by atoms with van der Waals surface area (Å²) in [6, 6.07) is 0. The molecule has 17 heavy (non-hydrogen) atoms. The van der Waals surface area contributed by atoms with Gasteiger partial charge in [-0.15, -0.1) is 0 Å². The fourth-order valence-corrected chi connectivity index (χ4v) is 1.36. The molecule has 0 aliphatic rings. The van der Waals surface area contributed by atoms with Crippen molar-refractivity contribution in [2.45, 2.75) is 13.5 Å². The van der Waals surface area contributed by atoms with Gasteiger partial charge in [-0.1, -0.05) is 11.6 Å². The Morgan fingerprint density at radius 3 is 2.76 bits per heavy atom. The maximum Gasteiger partial charge on any atom is 0.150 e. The van der Waals surface area contributed by atoms with Crippen LogP contribution in [-0.2, 0) is 6.54 Å². The van der Waals surface area contributed by atoms with Crippen LogP contribution in [0.25, 0.3) is 0 Å². The lowest BCUT2D eigenvalue weighted by Gasteiger charge is -2.07. The van der Waals surface area contributed by atoms with Gasteiger partial charge in [-0.25, -0.2) is 9.97 Å². The summed E-state index contributed by atoms with van der Waals surface area (Å²) in [5.74, 6) is 0.737. The number of nitrogen functional groups attached to an aromatic ring is 1. The first-order chi connectivity index (χ1) is 8.16. The lowest BCUT2D eigenvalue weighted by molar-refractivity contribution is 0.973. The molecule has 2 heterocycles. The van der Waals surface area contributed by atoms with Crippen LogP contribution in [-0.4, -0.2) is 19.9 Å². The number of nitrogens with two attached hydrogens (primary N) is 1. The third-order valence-electron chi connectivity index (χ3n) is 2.09. The number of aromatic nitrogens is 4. The topological polar surface area (TPSA) is 89.6 Å². The van der Waals surface area contributed by atoms with Gasteiger partial charge in [0.2, 0.25) is 0 Å². The minimum atomic E-state index is 0.249. The maximum absolute atomic E-state index is 5.94. The molecule has 0 fully saturated rings. The Kier molecular flexibility index (Phi) is 3.34. The van der Waals surface area contributed by atoms with E-state index in [1.54, 1.807) is 12.4 Å². The summed E-state index contributed by atoms with van der Waals surface area (Å²) in [4.78, 5) is 16.1. The van der Waals surface area contributed by atoms with Gasteiger partial charge in [-0.05, 0) is 6.92 Å². The highest BCUT2D eigenvalue weighted by Gasteiger charge is 2.06. The fraction of sp³-hybridized carbons (Fsp3) is 0.200. The van der Waals surface area contributed by atoms with E-state index >= 15 is 0 Å². The Hall–Kier alpha value is -1.95. The largest absolute Gasteiger partial charge is 0.382 e. The van der Waals surface area contributed by atoms with Crippen molar-refractivity contribution in [2.75, 3.05) is 11.1 Å². The monoisotopic (exact) mass is 250 g/mol. The Morgan fingerprint density at radius 1 is 1.24 bits per heavy atom. The Bertz CT molecular complexity index is 513. The van der Waals surface area contributed by atoms with Crippen LogP contribution in [0.1, 0.15) is 11.4 Å². The molecular weight excluding hydrogens is 240 g/mol. The van der Waals surface area contributed by atoms with Crippen molar-refractivity contribution in [3.8, 4) is 0 Å². The molecule has 6 nitrogen and oxygen atoms in total. The van der Waals surface area contributed by atoms with E-state index in [-0.39, 0.29) is 5.82 Å². The van der Waals surface area contributed by atoms with Gasteiger partial charge in [-0.3, -0.25) is 9.97 Å². The quantitative estimate of drug-likeness (QED) is 0.856.